The topological polar surface area (TPSA) is 50.9 Å². The van der Waals surface area contributed by atoms with Crippen molar-refractivity contribution in [3.63, 3.8) is 0 Å². The first-order chi connectivity index (χ1) is 7.59. The fourth-order valence-electron chi connectivity index (χ4n) is 1.42. The normalized spacial score (nSPS) is 12.8. The summed E-state index contributed by atoms with van der Waals surface area (Å²) in [5.74, 6) is 0. The molecule has 0 saturated carbocycles. The Hall–Kier alpha value is -0.910. The van der Waals surface area contributed by atoms with Gasteiger partial charge in [-0.2, -0.15) is 5.10 Å². The first-order valence-electron chi connectivity index (χ1n) is 4.56. The molecule has 0 saturated heterocycles. The third kappa shape index (κ3) is 2.11. The summed E-state index contributed by atoms with van der Waals surface area (Å²) in [5.41, 5.74) is 1.20. The number of hydrogen-bond acceptors (Lipinski definition) is 3. The van der Waals surface area contributed by atoms with Crippen LogP contribution in [0, 0.1) is 0 Å². The van der Waals surface area contributed by atoms with Crippen molar-refractivity contribution < 1.29 is 5.11 Å². The summed E-state index contributed by atoms with van der Waals surface area (Å²) in [6, 6.07) is 3.38. The Morgan fingerprint density at radius 3 is 2.69 bits per heavy atom. The molecule has 0 aliphatic carbocycles. The van der Waals surface area contributed by atoms with Crippen LogP contribution in [0.15, 0.2) is 29.0 Å². The number of aliphatic hydroxyl groups is 1. The Morgan fingerprint density at radius 1 is 1.44 bits per heavy atom. The van der Waals surface area contributed by atoms with Crippen molar-refractivity contribution >= 4 is 27.5 Å². The van der Waals surface area contributed by atoms with Crippen LogP contribution < -0.4 is 0 Å². The Morgan fingerprint density at radius 2 is 2.19 bits per heavy atom. The van der Waals surface area contributed by atoms with Crippen LogP contribution in [0.2, 0.25) is 5.02 Å². The molecule has 1 unspecified atom stereocenters. The number of aryl methyl sites for hydroxylation is 1. The molecular formula is C10H9BrClN3O. The Labute approximate surface area is 106 Å². The van der Waals surface area contributed by atoms with Gasteiger partial charge in [-0.05, 0) is 28.1 Å². The van der Waals surface area contributed by atoms with E-state index in [2.05, 4.69) is 26.0 Å². The maximum Gasteiger partial charge on any atom is 0.139 e. The number of halogens is 2. The summed E-state index contributed by atoms with van der Waals surface area (Å²) in [6.45, 7) is 0. The summed E-state index contributed by atoms with van der Waals surface area (Å²) in [6.07, 6.45) is 2.32. The van der Waals surface area contributed by atoms with E-state index in [9.17, 15) is 5.11 Å². The molecule has 0 aliphatic rings. The number of nitrogens with zero attached hydrogens (tertiary/aromatic N) is 3. The van der Waals surface area contributed by atoms with Gasteiger partial charge >= 0.3 is 0 Å². The molecule has 6 heteroatoms. The smallest absolute Gasteiger partial charge is 0.139 e. The zero-order valence-electron chi connectivity index (χ0n) is 8.43. The van der Waals surface area contributed by atoms with Gasteiger partial charge in [0.2, 0.25) is 0 Å². The van der Waals surface area contributed by atoms with Gasteiger partial charge in [-0.15, -0.1) is 0 Å². The molecule has 4 nitrogen and oxygen atoms in total. The third-order valence-corrected chi connectivity index (χ3v) is 3.06. The van der Waals surface area contributed by atoms with Crippen LogP contribution in [0.25, 0.3) is 0 Å². The molecule has 2 heterocycles. The lowest BCUT2D eigenvalue weighted by molar-refractivity contribution is 0.204. The van der Waals surface area contributed by atoms with Crippen LogP contribution in [-0.2, 0) is 7.05 Å². The fraction of sp³-hybridized carbons (Fsp3) is 0.200. The van der Waals surface area contributed by atoms with Crippen molar-refractivity contribution in [1.82, 2.24) is 14.8 Å². The van der Waals surface area contributed by atoms with Gasteiger partial charge < -0.3 is 5.11 Å². The van der Waals surface area contributed by atoms with Crippen LogP contribution in [0.1, 0.15) is 17.5 Å². The SMILES string of the molecule is Cn1ncc(Br)c1C(O)c1ccc(Cl)cn1. The van der Waals surface area contributed by atoms with Crippen molar-refractivity contribution in [3.05, 3.63) is 45.4 Å². The number of rotatable bonds is 2. The van der Waals surface area contributed by atoms with E-state index in [1.807, 2.05) is 0 Å². The number of pyridine rings is 1. The quantitative estimate of drug-likeness (QED) is 0.926. The highest BCUT2D eigenvalue weighted by Crippen LogP contribution is 2.27. The van der Waals surface area contributed by atoms with E-state index < -0.39 is 6.10 Å². The zero-order chi connectivity index (χ0) is 11.7. The number of aliphatic hydroxyl groups excluding tert-OH is 1. The van der Waals surface area contributed by atoms with E-state index in [4.69, 9.17) is 11.6 Å². The summed E-state index contributed by atoms with van der Waals surface area (Å²) >= 11 is 9.07. The minimum absolute atomic E-state index is 0.536. The van der Waals surface area contributed by atoms with Gasteiger partial charge in [0.15, 0.2) is 0 Å². The Bertz CT molecular complexity index is 478. The van der Waals surface area contributed by atoms with Gasteiger partial charge in [-0.3, -0.25) is 9.67 Å². The molecule has 0 radical (unpaired) electrons. The lowest BCUT2D eigenvalue weighted by atomic mass is 10.1. The second-order valence-corrected chi connectivity index (χ2v) is 4.60. The lowest BCUT2D eigenvalue weighted by Crippen LogP contribution is -2.08. The van der Waals surface area contributed by atoms with Crippen molar-refractivity contribution in [2.24, 2.45) is 7.05 Å². The second kappa shape index (κ2) is 4.53. The lowest BCUT2D eigenvalue weighted by Gasteiger charge is -2.11. The Balaban J connectivity index is 2.39. The standard InChI is InChI=1S/C10H9BrClN3O/c1-15-9(7(11)5-14-15)10(16)8-3-2-6(12)4-13-8/h2-5,10,16H,1H3. The van der Waals surface area contributed by atoms with E-state index in [1.165, 1.54) is 6.20 Å². The van der Waals surface area contributed by atoms with Gasteiger partial charge in [0.25, 0.3) is 0 Å². The average Bonchev–Trinajstić information content (AvgIpc) is 2.59. The van der Waals surface area contributed by atoms with Crippen LogP contribution >= 0.6 is 27.5 Å². The number of aromatic nitrogens is 3. The van der Waals surface area contributed by atoms with Crippen LogP contribution in [0.4, 0.5) is 0 Å². The van der Waals surface area contributed by atoms with Crippen LogP contribution in [0.3, 0.4) is 0 Å². The minimum atomic E-state index is -0.820. The largest absolute Gasteiger partial charge is 0.380 e. The van der Waals surface area contributed by atoms with E-state index in [0.29, 0.717) is 16.4 Å². The molecule has 0 bridgehead atoms. The Kier molecular flexibility index (Phi) is 3.28. The molecule has 84 valence electrons. The first-order valence-corrected chi connectivity index (χ1v) is 5.73. The molecule has 0 spiro atoms. The van der Waals surface area contributed by atoms with Gasteiger partial charge in [-0.25, -0.2) is 0 Å². The van der Waals surface area contributed by atoms with Gasteiger partial charge in [0.1, 0.15) is 6.10 Å². The fourth-order valence-corrected chi connectivity index (χ4v) is 2.09. The van der Waals surface area contributed by atoms with Crippen LogP contribution in [0.5, 0.6) is 0 Å². The monoisotopic (exact) mass is 301 g/mol. The van der Waals surface area contributed by atoms with E-state index >= 15 is 0 Å². The molecule has 0 fully saturated rings. The molecule has 1 N–H and O–H groups in total. The van der Waals surface area contributed by atoms with E-state index in [-0.39, 0.29) is 0 Å². The second-order valence-electron chi connectivity index (χ2n) is 3.31. The van der Waals surface area contributed by atoms with E-state index in [0.717, 1.165) is 4.47 Å². The molecule has 0 aromatic carbocycles. The number of hydrogen-bond donors (Lipinski definition) is 1. The molecule has 2 aromatic heterocycles. The molecule has 2 aromatic rings. The average molecular weight is 303 g/mol. The predicted molar refractivity (Wildman–Crippen MR) is 64.2 cm³/mol. The summed E-state index contributed by atoms with van der Waals surface area (Å²) in [7, 11) is 1.76. The maximum atomic E-state index is 10.1. The summed E-state index contributed by atoms with van der Waals surface area (Å²) < 4.78 is 2.35. The highest BCUT2D eigenvalue weighted by atomic mass is 79.9. The highest BCUT2D eigenvalue weighted by Gasteiger charge is 2.18. The summed E-state index contributed by atoms with van der Waals surface area (Å²) in [5, 5.41) is 14.7. The summed E-state index contributed by atoms with van der Waals surface area (Å²) in [4.78, 5) is 4.07. The molecular weight excluding hydrogens is 293 g/mol. The van der Waals surface area contributed by atoms with Gasteiger partial charge in [0.05, 0.1) is 27.1 Å². The van der Waals surface area contributed by atoms with Crippen molar-refractivity contribution in [2.45, 2.75) is 6.10 Å². The van der Waals surface area contributed by atoms with Crippen molar-refractivity contribution in [3.8, 4) is 0 Å². The molecule has 16 heavy (non-hydrogen) atoms. The molecule has 0 aliphatic heterocycles. The maximum absolute atomic E-state index is 10.1. The third-order valence-electron chi connectivity index (χ3n) is 2.23. The van der Waals surface area contributed by atoms with E-state index in [1.54, 1.807) is 30.1 Å². The van der Waals surface area contributed by atoms with Crippen LogP contribution in [-0.4, -0.2) is 19.9 Å². The minimum Gasteiger partial charge on any atom is -0.380 e. The highest BCUT2D eigenvalue weighted by molar-refractivity contribution is 9.10. The van der Waals surface area contributed by atoms with Crippen molar-refractivity contribution in [1.29, 1.82) is 0 Å². The first kappa shape index (κ1) is 11.6. The zero-order valence-corrected chi connectivity index (χ0v) is 10.8. The molecule has 0 amide bonds. The van der Waals surface area contributed by atoms with Crippen molar-refractivity contribution in [2.75, 3.05) is 0 Å². The molecule has 2 rings (SSSR count). The van der Waals surface area contributed by atoms with Gasteiger partial charge in [-0.1, -0.05) is 11.6 Å². The molecule has 1 atom stereocenters. The van der Waals surface area contributed by atoms with Gasteiger partial charge in [0, 0.05) is 13.2 Å². The predicted octanol–water partition coefficient (Wildman–Crippen LogP) is 2.31.